The molecule has 0 bridgehead atoms. The summed E-state index contributed by atoms with van der Waals surface area (Å²) >= 11 is 0. The van der Waals surface area contributed by atoms with Crippen LogP contribution in [0.15, 0.2) is 0 Å². The van der Waals surface area contributed by atoms with Gasteiger partial charge in [0.2, 0.25) is 5.91 Å². The molecule has 0 radical (unpaired) electrons. The summed E-state index contributed by atoms with van der Waals surface area (Å²) in [5.41, 5.74) is 5.81. The Morgan fingerprint density at radius 1 is 1.21 bits per heavy atom. The van der Waals surface area contributed by atoms with Gasteiger partial charge in [-0.1, -0.05) is 0 Å². The zero-order valence-corrected chi connectivity index (χ0v) is 8.67. The van der Waals surface area contributed by atoms with Crippen LogP contribution in [0.4, 0.5) is 0 Å². The summed E-state index contributed by atoms with van der Waals surface area (Å²) in [7, 11) is 0. The minimum Gasteiger partial charge on any atom is -0.356 e. The second-order valence-electron chi connectivity index (χ2n) is 4.89. The molecule has 2 aliphatic carbocycles. The van der Waals surface area contributed by atoms with Gasteiger partial charge in [0, 0.05) is 19.0 Å². The van der Waals surface area contributed by atoms with Crippen molar-refractivity contribution in [3.05, 3.63) is 0 Å². The number of carbonyl (C=O) groups excluding carboxylic acids is 1. The molecule has 0 spiro atoms. The molecule has 14 heavy (non-hydrogen) atoms. The van der Waals surface area contributed by atoms with Crippen molar-refractivity contribution >= 4 is 5.91 Å². The van der Waals surface area contributed by atoms with Crippen molar-refractivity contribution in [1.29, 1.82) is 0 Å². The zero-order valence-electron chi connectivity index (χ0n) is 8.67. The van der Waals surface area contributed by atoms with E-state index in [9.17, 15) is 4.79 Å². The summed E-state index contributed by atoms with van der Waals surface area (Å²) < 4.78 is 0. The van der Waals surface area contributed by atoms with Crippen LogP contribution in [0.5, 0.6) is 0 Å². The van der Waals surface area contributed by atoms with E-state index in [1.807, 2.05) is 0 Å². The van der Waals surface area contributed by atoms with Gasteiger partial charge in [-0.15, -0.1) is 0 Å². The van der Waals surface area contributed by atoms with E-state index in [1.54, 1.807) is 0 Å². The molecule has 0 saturated heterocycles. The molecule has 3 N–H and O–H groups in total. The number of hydrogen-bond donors (Lipinski definition) is 2. The fourth-order valence-corrected chi connectivity index (χ4v) is 2.21. The molecule has 2 unspecified atom stereocenters. The summed E-state index contributed by atoms with van der Waals surface area (Å²) in [4.78, 5) is 11.4. The van der Waals surface area contributed by atoms with Gasteiger partial charge in [-0.2, -0.15) is 0 Å². The van der Waals surface area contributed by atoms with Gasteiger partial charge in [-0.25, -0.2) is 0 Å². The summed E-state index contributed by atoms with van der Waals surface area (Å²) in [6.07, 6.45) is 6.65. The first-order chi connectivity index (χ1) is 6.74. The Hall–Kier alpha value is -0.570. The standard InChI is InChI=1S/C11H20N2O/c12-10-4-3-9(5-10)7-13-11(14)6-8-1-2-8/h8-10H,1-7,12H2,(H,13,14). The van der Waals surface area contributed by atoms with Gasteiger partial charge in [0.15, 0.2) is 0 Å². The van der Waals surface area contributed by atoms with E-state index in [-0.39, 0.29) is 5.91 Å². The predicted molar refractivity (Wildman–Crippen MR) is 55.7 cm³/mol. The molecule has 2 saturated carbocycles. The molecule has 3 heteroatoms. The fraction of sp³-hybridized carbons (Fsp3) is 0.909. The normalized spacial score (nSPS) is 31.8. The van der Waals surface area contributed by atoms with E-state index < -0.39 is 0 Å². The van der Waals surface area contributed by atoms with E-state index in [4.69, 9.17) is 5.73 Å². The molecule has 3 nitrogen and oxygen atoms in total. The molecule has 80 valence electrons. The van der Waals surface area contributed by atoms with Gasteiger partial charge in [0.1, 0.15) is 0 Å². The Morgan fingerprint density at radius 2 is 1.93 bits per heavy atom. The second-order valence-corrected chi connectivity index (χ2v) is 4.89. The van der Waals surface area contributed by atoms with Crippen molar-refractivity contribution in [2.45, 2.75) is 44.6 Å². The molecule has 0 aromatic heterocycles. The van der Waals surface area contributed by atoms with Crippen molar-refractivity contribution in [3.8, 4) is 0 Å². The monoisotopic (exact) mass is 196 g/mol. The highest BCUT2D eigenvalue weighted by Gasteiger charge is 2.25. The molecule has 2 fully saturated rings. The summed E-state index contributed by atoms with van der Waals surface area (Å²) in [5, 5.41) is 3.02. The minimum atomic E-state index is 0.243. The summed E-state index contributed by atoms with van der Waals surface area (Å²) in [6.45, 7) is 0.846. The number of nitrogens with two attached hydrogens (primary N) is 1. The quantitative estimate of drug-likeness (QED) is 0.705. The van der Waals surface area contributed by atoms with Crippen molar-refractivity contribution in [2.24, 2.45) is 17.6 Å². The van der Waals surface area contributed by atoms with Crippen molar-refractivity contribution in [2.75, 3.05) is 6.54 Å². The maximum Gasteiger partial charge on any atom is 0.220 e. The van der Waals surface area contributed by atoms with E-state index >= 15 is 0 Å². The minimum absolute atomic E-state index is 0.243. The van der Waals surface area contributed by atoms with E-state index in [0.29, 0.717) is 17.9 Å². The average molecular weight is 196 g/mol. The highest BCUT2D eigenvalue weighted by atomic mass is 16.1. The van der Waals surface area contributed by atoms with Gasteiger partial charge in [-0.05, 0) is 43.9 Å². The lowest BCUT2D eigenvalue weighted by Gasteiger charge is -2.10. The number of hydrogen-bond acceptors (Lipinski definition) is 2. The van der Waals surface area contributed by atoms with Crippen LogP contribution >= 0.6 is 0 Å². The van der Waals surface area contributed by atoms with Crippen LogP contribution in [0.1, 0.15) is 38.5 Å². The third-order valence-corrected chi connectivity index (χ3v) is 3.34. The summed E-state index contributed by atoms with van der Waals surface area (Å²) in [5.74, 6) is 1.57. The molecule has 2 rings (SSSR count). The summed E-state index contributed by atoms with van der Waals surface area (Å²) in [6, 6.07) is 0.375. The first-order valence-corrected chi connectivity index (χ1v) is 5.76. The molecule has 2 aliphatic rings. The van der Waals surface area contributed by atoms with Gasteiger partial charge in [0.25, 0.3) is 0 Å². The van der Waals surface area contributed by atoms with E-state index in [1.165, 1.54) is 19.3 Å². The van der Waals surface area contributed by atoms with Crippen LogP contribution in [0.25, 0.3) is 0 Å². The van der Waals surface area contributed by atoms with Crippen molar-refractivity contribution in [1.82, 2.24) is 5.32 Å². The van der Waals surface area contributed by atoms with Gasteiger partial charge in [-0.3, -0.25) is 4.79 Å². The van der Waals surface area contributed by atoms with Gasteiger partial charge >= 0.3 is 0 Å². The third-order valence-electron chi connectivity index (χ3n) is 3.34. The van der Waals surface area contributed by atoms with Crippen LogP contribution in [0, 0.1) is 11.8 Å². The molecule has 0 heterocycles. The van der Waals surface area contributed by atoms with Crippen molar-refractivity contribution < 1.29 is 4.79 Å². The number of carbonyl (C=O) groups is 1. The van der Waals surface area contributed by atoms with E-state index in [2.05, 4.69) is 5.32 Å². The third kappa shape index (κ3) is 2.98. The molecule has 0 aliphatic heterocycles. The fourth-order valence-electron chi connectivity index (χ4n) is 2.21. The smallest absolute Gasteiger partial charge is 0.220 e. The molecule has 0 aromatic rings. The molecular weight excluding hydrogens is 176 g/mol. The Labute approximate surface area is 85.4 Å². The van der Waals surface area contributed by atoms with Crippen LogP contribution in [0.3, 0.4) is 0 Å². The van der Waals surface area contributed by atoms with E-state index in [0.717, 1.165) is 25.8 Å². The maximum absolute atomic E-state index is 11.4. The Balaban J connectivity index is 1.59. The lowest BCUT2D eigenvalue weighted by molar-refractivity contribution is -0.121. The zero-order chi connectivity index (χ0) is 9.97. The van der Waals surface area contributed by atoms with Gasteiger partial charge in [0.05, 0.1) is 0 Å². The highest BCUT2D eigenvalue weighted by molar-refractivity contribution is 5.76. The first-order valence-electron chi connectivity index (χ1n) is 5.76. The van der Waals surface area contributed by atoms with Crippen molar-refractivity contribution in [3.63, 3.8) is 0 Å². The molecular formula is C11H20N2O. The SMILES string of the molecule is NC1CCC(CNC(=O)CC2CC2)C1. The Morgan fingerprint density at radius 3 is 2.50 bits per heavy atom. The molecule has 1 amide bonds. The Kier molecular flexibility index (Phi) is 3.06. The highest BCUT2D eigenvalue weighted by Crippen LogP contribution is 2.32. The molecule has 0 aromatic carbocycles. The van der Waals surface area contributed by atoms with Crippen LogP contribution in [-0.2, 0) is 4.79 Å². The van der Waals surface area contributed by atoms with Gasteiger partial charge < -0.3 is 11.1 Å². The first kappa shape index (κ1) is 9.97. The topological polar surface area (TPSA) is 55.1 Å². The van der Waals surface area contributed by atoms with Crippen LogP contribution < -0.4 is 11.1 Å². The Bertz CT molecular complexity index is 213. The number of amides is 1. The molecule has 2 atom stereocenters. The lowest BCUT2D eigenvalue weighted by atomic mass is 10.1. The lowest BCUT2D eigenvalue weighted by Crippen LogP contribution is -2.29. The maximum atomic E-state index is 11.4. The number of nitrogens with one attached hydrogen (secondary N) is 1. The average Bonchev–Trinajstić information content (AvgIpc) is 2.85. The predicted octanol–water partition coefficient (Wildman–Crippen LogP) is 1.03. The second kappa shape index (κ2) is 4.30. The van der Waals surface area contributed by atoms with Crippen LogP contribution in [0.2, 0.25) is 0 Å². The number of rotatable bonds is 4. The largest absolute Gasteiger partial charge is 0.356 e. The van der Waals surface area contributed by atoms with Crippen LogP contribution in [-0.4, -0.2) is 18.5 Å².